The molecule has 0 fully saturated rings. The molecule has 1 aromatic carbocycles. The summed E-state index contributed by atoms with van der Waals surface area (Å²) >= 11 is 6.24. The Morgan fingerprint density at radius 1 is 1.48 bits per heavy atom. The number of hydrogen-bond donors (Lipinski definition) is 2. The Hall–Kier alpha value is -2.25. The third-order valence-electron chi connectivity index (χ3n) is 3.55. The van der Waals surface area contributed by atoms with Gasteiger partial charge in [-0.1, -0.05) is 18.5 Å². The predicted octanol–water partition coefficient (Wildman–Crippen LogP) is 1.84. The lowest BCUT2D eigenvalue weighted by Crippen LogP contribution is -2.23. The van der Waals surface area contributed by atoms with E-state index in [1.165, 1.54) is 7.11 Å². The third-order valence-corrected chi connectivity index (χ3v) is 3.83. The van der Waals surface area contributed by atoms with Gasteiger partial charge in [-0.15, -0.1) is 0 Å². The predicted molar refractivity (Wildman–Crippen MR) is 95.8 cm³/mol. The van der Waals surface area contributed by atoms with Crippen molar-refractivity contribution in [2.75, 3.05) is 20.3 Å². The Balaban J connectivity index is 1.91. The number of nitrogens with two attached hydrogens (primary N) is 1. The van der Waals surface area contributed by atoms with Crippen molar-refractivity contribution >= 4 is 17.5 Å². The van der Waals surface area contributed by atoms with E-state index in [0.29, 0.717) is 29.0 Å². The maximum Gasteiger partial charge on any atom is 0.255 e. The monoisotopic (exact) mass is 366 g/mol. The molecule has 2 aromatic rings. The number of nitrogens with zero attached hydrogens (tertiary/aromatic N) is 2. The van der Waals surface area contributed by atoms with Crippen LogP contribution in [0, 0.1) is 5.92 Å². The van der Waals surface area contributed by atoms with Crippen LogP contribution in [0.5, 0.6) is 11.5 Å². The van der Waals surface area contributed by atoms with Crippen molar-refractivity contribution < 1.29 is 14.3 Å². The van der Waals surface area contributed by atoms with Gasteiger partial charge in [0.1, 0.15) is 0 Å². The van der Waals surface area contributed by atoms with E-state index in [4.69, 9.17) is 26.8 Å². The molecule has 1 atom stereocenters. The molecule has 25 heavy (non-hydrogen) atoms. The Labute approximate surface area is 152 Å². The number of ether oxygens (including phenoxy) is 2. The number of carbonyl (C=O) groups is 1. The van der Waals surface area contributed by atoms with Gasteiger partial charge < -0.3 is 25.1 Å². The minimum atomic E-state index is -0.573. The van der Waals surface area contributed by atoms with Gasteiger partial charge in [0.15, 0.2) is 18.1 Å². The molecule has 0 spiro atoms. The quantitative estimate of drug-likeness (QED) is 0.669. The highest BCUT2D eigenvalue weighted by Gasteiger charge is 2.13. The van der Waals surface area contributed by atoms with Crippen molar-refractivity contribution in [2.24, 2.45) is 11.7 Å². The summed E-state index contributed by atoms with van der Waals surface area (Å²) in [6.07, 6.45) is 5.54. The molecule has 0 aliphatic carbocycles. The standard InChI is InChI=1S/C17H23ClN4O3/c1-12(9-22-4-3-20-11-22)7-21-8-13-5-14(18)17(15(6-13)24-2)25-10-16(19)23/h3-6,11-12,21H,7-10H2,1-2H3,(H2,19,23). The smallest absolute Gasteiger partial charge is 0.255 e. The molecular weight excluding hydrogens is 344 g/mol. The van der Waals surface area contributed by atoms with E-state index in [2.05, 4.69) is 21.8 Å². The lowest BCUT2D eigenvalue weighted by atomic mass is 10.1. The lowest BCUT2D eigenvalue weighted by molar-refractivity contribution is -0.119. The zero-order valence-electron chi connectivity index (χ0n) is 14.4. The Morgan fingerprint density at radius 3 is 2.92 bits per heavy atom. The molecule has 1 heterocycles. The molecule has 1 amide bonds. The zero-order valence-corrected chi connectivity index (χ0v) is 15.1. The number of rotatable bonds is 10. The highest BCUT2D eigenvalue weighted by atomic mass is 35.5. The first-order chi connectivity index (χ1) is 12.0. The van der Waals surface area contributed by atoms with Gasteiger partial charge >= 0.3 is 0 Å². The van der Waals surface area contributed by atoms with Gasteiger partial charge in [0.25, 0.3) is 5.91 Å². The number of imidazole rings is 1. The zero-order chi connectivity index (χ0) is 18.2. The van der Waals surface area contributed by atoms with Crippen molar-refractivity contribution in [3.8, 4) is 11.5 Å². The SMILES string of the molecule is COc1cc(CNCC(C)Cn2ccnc2)cc(Cl)c1OCC(N)=O. The van der Waals surface area contributed by atoms with Crippen LogP contribution in [0.3, 0.4) is 0 Å². The first-order valence-corrected chi connectivity index (χ1v) is 8.31. The van der Waals surface area contributed by atoms with Gasteiger partial charge in [0, 0.05) is 25.5 Å². The van der Waals surface area contributed by atoms with Crippen molar-refractivity contribution in [1.82, 2.24) is 14.9 Å². The van der Waals surface area contributed by atoms with Gasteiger partial charge in [-0.25, -0.2) is 4.98 Å². The van der Waals surface area contributed by atoms with Gasteiger partial charge in [0.05, 0.1) is 18.5 Å². The first kappa shape index (κ1) is 19.1. The summed E-state index contributed by atoms with van der Waals surface area (Å²) in [6, 6.07) is 3.61. The van der Waals surface area contributed by atoms with Gasteiger partial charge in [-0.05, 0) is 30.2 Å². The van der Waals surface area contributed by atoms with Crippen molar-refractivity contribution in [3.63, 3.8) is 0 Å². The number of nitrogens with one attached hydrogen (secondary N) is 1. The Kier molecular flexibility index (Phi) is 7.09. The van der Waals surface area contributed by atoms with Crippen molar-refractivity contribution in [1.29, 1.82) is 0 Å². The molecule has 0 saturated carbocycles. The minimum absolute atomic E-state index is 0.251. The van der Waals surface area contributed by atoms with Crippen LogP contribution >= 0.6 is 11.6 Å². The molecule has 2 rings (SSSR count). The fourth-order valence-corrected chi connectivity index (χ4v) is 2.73. The molecule has 0 bridgehead atoms. The van der Waals surface area contributed by atoms with E-state index < -0.39 is 5.91 Å². The molecule has 3 N–H and O–H groups in total. The number of methoxy groups -OCH3 is 1. The average molecular weight is 367 g/mol. The topological polar surface area (TPSA) is 91.4 Å². The number of primary amides is 1. The summed E-state index contributed by atoms with van der Waals surface area (Å²) in [5.41, 5.74) is 6.05. The van der Waals surface area contributed by atoms with Crippen LogP contribution in [0.4, 0.5) is 0 Å². The first-order valence-electron chi connectivity index (χ1n) is 7.93. The second-order valence-electron chi connectivity index (χ2n) is 5.86. The summed E-state index contributed by atoms with van der Waals surface area (Å²) in [4.78, 5) is 14.9. The number of carbonyl (C=O) groups excluding carboxylic acids is 1. The summed E-state index contributed by atoms with van der Waals surface area (Å²) < 4.78 is 12.7. The van der Waals surface area contributed by atoms with E-state index in [1.54, 1.807) is 12.3 Å². The summed E-state index contributed by atoms with van der Waals surface area (Å²) in [5, 5.41) is 3.78. The van der Waals surface area contributed by atoms with Crippen LogP contribution in [0.25, 0.3) is 0 Å². The number of benzene rings is 1. The summed E-state index contributed by atoms with van der Waals surface area (Å²) in [6.45, 7) is 4.30. The van der Waals surface area contributed by atoms with E-state index >= 15 is 0 Å². The lowest BCUT2D eigenvalue weighted by Gasteiger charge is -2.15. The largest absolute Gasteiger partial charge is 0.493 e. The van der Waals surface area contributed by atoms with Crippen LogP contribution in [0.2, 0.25) is 5.02 Å². The number of amides is 1. The molecule has 0 saturated heterocycles. The second-order valence-corrected chi connectivity index (χ2v) is 6.27. The van der Waals surface area contributed by atoms with Crippen LogP contribution in [-0.2, 0) is 17.9 Å². The van der Waals surface area contributed by atoms with E-state index in [-0.39, 0.29) is 6.61 Å². The van der Waals surface area contributed by atoms with E-state index in [0.717, 1.165) is 18.7 Å². The molecule has 8 heteroatoms. The summed E-state index contributed by atoms with van der Waals surface area (Å²) in [7, 11) is 1.52. The second kappa shape index (κ2) is 9.29. The molecule has 7 nitrogen and oxygen atoms in total. The van der Waals surface area contributed by atoms with E-state index in [9.17, 15) is 4.79 Å². The fourth-order valence-electron chi connectivity index (χ4n) is 2.44. The van der Waals surface area contributed by atoms with Gasteiger partial charge in [0.2, 0.25) is 0 Å². The fraction of sp³-hybridized carbons (Fsp3) is 0.412. The minimum Gasteiger partial charge on any atom is -0.493 e. The number of aromatic nitrogens is 2. The maximum atomic E-state index is 10.9. The average Bonchev–Trinajstić information content (AvgIpc) is 3.06. The van der Waals surface area contributed by atoms with Crippen molar-refractivity contribution in [2.45, 2.75) is 20.0 Å². The van der Waals surface area contributed by atoms with Crippen LogP contribution in [0.15, 0.2) is 30.9 Å². The highest BCUT2D eigenvalue weighted by molar-refractivity contribution is 6.32. The molecule has 0 aliphatic heterocycles. The normalized spacial score (nSPS) is 12.0. The molecule has 136 valence electrons. The highest BCUT2D eigenvalue weighted by Crippen LogP contribution is 2.36. The van der Waals surface area contributed by atoms with Crippen LogP contribution < -0.4 is 20.5 Å². The Morgan fingerprint density at radius 2 is 2.28 bits per heavy atom. The van der Waals surface area contributed by atoms with Crippen molar-refractivity contribution in [3.05, 3.63) is 41.4 Å². The third kappa shape index (κ3) is 5.95. The van der Waals surface area contributed by atoms with E-state index in [1.807, 2.05) is 18.6 Å². The number of hydrogen-bond acceptors (Lipinski definition) is 5. The number of halogens is 1. The molecule has 1 aromatic heterocycles. The molecular formula is C17H23ClN4O3. The molecule has 1 unspecified atom stereocenters. The van der Waals surface area contributed by atoms with Gasteiger partial charge in [-0.2, -0.15) is 0 Å². The Bertz CT molecular complexity index is 691. The maximum absolute atomic E-state index is 10.9. The van der Waals surface area contributed by atoms with Crippen LogP contribution in [0.1, 0.15) is 12.5 Å². The molecule has 0 aliphatic rings. The van der Waals surface area contributed by atoms with Gasteiger partial charge in [-0.3, -0.25) is 4.79 Å². The van der Waals surface area contributed by atoms with Crippen LogP contribution in [-0.4, -0.2) is 35.7 Å². The molecule has 0 radical (unpaired) electrons. The summed E-state index contributed by atoms with van der Waals surface area (Å²) in [5.74, 6) is 0.665.